The fourth-order valence-corrected chi connectivity index (χ4v) is 4.16. The first-order valence-electron chi connectivity index (χ1n) is 7.93. The molecule has 0 radical (unpaired) electrons. The summed E-state index contributed by atoms with van der Waals surface area (Å²) in [6, 6.07) is 12.0. The average Bonchev–Trinajstić information content (AvgIpc) is 3.06. The van der Waals surface area contributed by atoms with E-state index in [9.17, 15) is 0 Å². The second-order valence-corrected chi connectivity index (χ2v) is 7.59. The number of aryl methyl sites for hydroxylation is 2. The Balaban J connectivity index is 1.72. The highest BCUT2D eigenvalue weighted by molar-refractivity contribution is 6.52. The first-order chi connectivity index (χ1) is 12.5. The zero-order valence-electron chi connectivity index (χ0n) is 13.4. The number of aliphatic imine (C=N–C) groups is 1. The number of rotatable bonds is 2. The second kappa shape index (κ2) is 6.82. The lowest BCUT2D eigenvalue weighted by atomic mass is 10.0. The van der Waals surface area contributed by atoms with E-state index in [1.807, 2.05) is 6.07 Å². The first kappa shape index (κ1) is 17.7. The summed E-state index contributed by atoms with van der Waals surface area (Å²) < 4.78 is 0. The smallest absolute Gasteiger partial charge is 0.198 e. The molecular weight excluding hydrogens is 412 g/mol. The summed E-state index contributed by atoms with van der Waals surface area (Å²) in [5.41, 5.74) is 9.94. The number of anilines is 1. The van der Waals surface area contributed by atoms with Crippen LogP contribution in [0.3, 0.4) is 0 Å². The van der Waals surface area contributed by atoms with Crippen molar-refractivity contribution in [3.63, 3.8) is 0 Å². The van der Waals surface area contributed by atoms with Gasteiger partial charge in [-0.3, -0.25) is 0 Å². The van der Waals surface area contributed by atoms with Gasteiger partial charge < -0.3 is 11.1 Å². The van der Waals surface area contributed by atoms with Gasteiger partial charge in [0.05, 0.1) is 31.5 Å². The molecular formula is C19H13Cl4N3. The maximum absolute atomic E-state index is 6.21. The van der Waals surface area contributed by atoms with E-state index in [-0.39, 0.29) is 26.1 Å². The number of nitrogens with one attached hydrogen (secondary N) is 1. The van der Waals surface area contributed by atoms with Crippen molar-refractivity contribution in [2.45, 2.75) is 12.8 Å². The van der Waals surface area contributed by atoms with Crippen molar-refractivity contribution < 1.29 is 0 Å². The quantitative estimate of drug-likeness (QED) is 0.210. The van der Waals surface area contributed by atoms with Gasteiger partial charge in [-0.25, -0.2) is 4.99 Å². The van der Waals surface area contributed by atoms with Gasteiger partial charge >= 0.3 is 0 Å². The molecule has 0 saturated heterocycles. The van der Waals surface area contributed by atoms with Crippen LogP contribution in [0.4, 0.5) is 11.4 Å². The Kier molecular flexibility index (Phi) is 4.66. The molecule has 0 aliphatic heterocycles. The lowest BCUT2D eigenvalue weighted by Gasteiger charge is -2.12. The number of halogens is 4. The van der Waals surface area contributed by atoms with Gasteiger partial charge in [0.2, 0.25) is 0 Å². The lowest BCUT2D eigenvalue weighted by Crippen LogP contribution is -2.22. The molecule has 0 saturated carbocycles. The fourth-order valence-electron chi connectivity index (χ4n) is 3.31. The maximum Gasteiger partial charge on any atom is 0.198 e. The minimum Gasteiger partial charge on any atom is -0.369 e. The number of guanidine groups is 1. The van der Waals surface area contributed by atoms with Crippen molar-refractivity contribution in [1.82, 2.24) is 0 Å². The Bertz CT molecular complexity index is 1080. The highest BCUT2D eigenvalue weighted by atomic mass is 35.5. The van der Waals surface area contributed by atoms with Crippen molar-refractivity contribution >= 4 is 74.5 Å². The Morgan fingerprint density at radius 1 is 0.962 bits per heavy atom. The molecule has 4 rings (SSSR count). The molecule has 26 heavy (non-hydrogen) atoms. The highest BCUT2D eigenvalue weighted by Gasteiger charge is 2.18. The average molecular weight is 425 g/mol. The summed E-state index contributed by atoms with van der Waals surface area (Å²) >= 11 is 24.3. The Morgan fingerprint density at radius 2 is 1.77 bits per heavy atom. The topological polar surface area (TPSA) is 50.4 Å². The number of hydrogen-bond donors (Lipinski definition) is 2. The van der Waals surface area contributed by atoms with Crippen molar-refractivity contribution in [2.75, 3.05) is 5.32 Å². The van der Waals surface area contributed by atoms with Crippen LogP contribution in [0.1, 0.15) is 11.1 Å². The minimum absolute atomic E-state index is 0.171. The summed E-state index contributed by atoms with van der Waals surface area (Å²) in [4.78, 5) is 4.54. The van der Waals surface area contributed by atoms with Gasteiger partial charge in [-0.15, -0.1) is 0 Å². The van der Waals surface area contributed by atoms with Crippen LogP contribution in [0.5, 0.6) is 0 Å². The SMILES string of the molecule is NC(=Nc1ccc2cccc3c2c1CC3)Nc1cc(Cl)c(Cl)c(Cl)c1Cl. The summed E-state index contributed by atoms with van der Waals surface area (Å²) in [7, 11) is 0. The van der Waals surface area contributed by atoms with Crippen LogP contribution in [0.25, 0.3) is 10.8 Å². The third-order valence-corrected chi connectivity index (χ3v) is 6.22. The summed E-state index contributed by atoms with van der Waals surface area (Å²) in [5.74, 6) is 0.196. The van der Waals surface area contributed by atoms with Crippen molar-refractivity contribution in [3.8, 4) is 0 Å². The molecule has 0 bridgehead atoms. The molecule has 3 aromatic rings. The lowest BCUT2D eigenvalue weighted by molar-refractivity contribution is 1.02. The van der Waals surface area contributed by atoms with E-state index in [4.69, 9.17) is 52.1 Å². The molecule has 0 atom stereocenters. The molecule has 0 spiro atoms. The van der Waals surface area contributed by atoms with E-state index in [1.54, 1.807) is 6.07 Å². The summed E-state index contributed by atoms with van der Waals surface area (Å²) in [6.45, 7) is 0. The number of hydrogen-bond acceptors (Lipinski definition) is 1. The Morgan fingerprint density at radius 3 is 2.58 bits per heavy atom. The zero-order chi connectivity index (χ0) is 18.4. The molecule has 3 N–H and O–H groups in total. The Hall–Kier alpha value is -1.65. The van der Waals surface area contributed by atoms with E-state index < -0.39 is 0 Å². The van der Waals surface area contributed by atoms with E-state index >= 15 is 0 Å². The molecule has 1 aliphatic carbocycles. The number of benzene rings is 3. The zero-order valence-corrected chi connectivity index (χ0v) is 16.4. The molecule has 7 heteroatoms. The van der Waals surface area contributed by atoms with E-state index in [1.165, 1.54) is 21.9 Å². The van der Waals surface area contributed by atoms with Crippen LogP contribution in [0, 0.1) is 0 Å². The van der Waals surface area contributed by atoms with Crippen LogP contribution in [0.2, 0.25) is 20.1 Å². The third kappa shape index (κ3) is 2.99. The highest BCUT2D eigenvalue weighted by Crippen LogP contribution is 2.41. The largest absolute Gasteiger partial charge is 0.369 e. The number of nitrogens with zero attached hydrogens (tertiary/aromatic N) is 1. The van der Waals surface area contributed by atoms with Crippen molar-refractivity contribution in [1.29, 1.82) is 0 Å². The van der Waals surface area contributed by atoms with Gasteiger partial charge in [-0.2, -0.15) is 0 Å². The number of nitrogens with two attached hydrogens (primary N) is 1. The normalized spacial score (nSPS) is 13.5. The van der Waals surface area contributed by atoms with Gasteiger partial charge in [0.1, 0.15) is 0 Å². The van der Waals surface area contributed by atoms with Gasteiger partial charge in [0.25, 0.3) is 0 Å². The maximum atomic E-state index is 6.21. The minimum atomic E-state index is 0.171. The molecule has 0 unspecified atom stereocenters. The molecule has 0 fully saturated rings. The van der Waals surface area contributed by atoms with Gasteiger partial charge in [-0.05, 0) is 46.9 Å². The third-order valence-electron chi connectivity index (χ3n) is 4.47. The van der Waals surface area contributed by atoms with Crippen LogP contribution in [-0.2, 0) is 12.8 Å². The van der Waals surface area contributed by atoms with E-state index in [0.29, 0.717) is 5.69 Å². The summed E-state index contributed by atoms with van der Waals surface area (Å²) in [6.07, 6.45) is 1.96. The van der Waals surface area contributed by atoms with Crippen molar-refractivity contribution in [3.05, 3.63) is 67.6 Å². The van der Waals surface area contributed by atoms with Gasteiger partial charge in [0, 0.05) is 0 Å². The standard InChI is InChI=1S/C19H13Cl4N3/c20-12-8-14(17(22)18(23)16(12)21)26-19(24)25-13-7-5-10-3-1-2-9-4-6-11(13)15(9)10/h1-3,5,7-8H,4,6H2,(H3,24,25,26). The molecule has 1 aliphatic rings. The summed E-state index contributed by atoms with van der Waals surface area (Å²) in [5, 5.41) is 6.35. The predicted molar refractivity (Wildman–Crippen MR) is 113 cm³/mol. The van der Waals surface area contributed by atoms with Crippen LogP contribution in [-0.4, -0.2) is 5.96 Å². The molecule has 0 aromatic heterocycles. The Labute approximate surface area is 170 Å². The van der Waals surface area contributed by atoms with Gasteiger partial charge in [0.15, 0.2) is 5.96 Å². The monoisotopic (exact) mass is 423 g/mol. The molecule has 0 heterocycles. The molecule has 0 amide bonds. The predicted octanol–water partition coefficient (Wildman–Crippen LogP) is 6.61. The van der Waals surface area contributed by atoms with Gasteiger partial charge in [-0.1, -0.05) is 70.7 Å². The van der Waals surface area contributed by atoms with Crippen molar-refractivity contribution in [2.24, 2.45) is 10.7 Å². The molecule has 3 aromatic carbocycles. The van der Waals surface area contributed by atoms with E-state index in [2.05, 4.69) is 34.6 Å². The fraction of sp³-hybridized carbons (Fsp3) is 0.105. The second-order valence-electron chi connectivity index (χ2n) is 6.05. The van der Waals surface area contributed by atoms with E-state index in [0.717, 1.165) is 18.5 Å². The molecule has 3 nitrogen and oxygen atoms in total. The van der Waals surface area contributed by atoms with Crippen LogP contribution >= 0.6 is 46.4 Å². The first-order valence-corrected chi connectivity index (χ1v) is 9.44. The van der Waals surface area contributed by atoms with Crippen LogP contribution < -0.4 is 11.1 Å². The molecule has 132 valence electrons. The van der Waals surface area contributed by atoms with Crippen LogP contribution in [0.15, 0.2) is 41.4 Å².